The van der Waals surface area contributed by atoms with Gasteiger partial charge >= 0.3 is 0 Å². The highest BCUT2D eigenvalue weighted by molar-refractivity contribution is 9.10. The fourth-order valence-electron chi connectivity index (χ4n) is 1.58. The van der Waals surface area contributed by atoms with Crippen LogP contribution in [0.3, 0.4) is 0 Å². The van der Waals surface area contributed by atoms with E-state index < -0.39 is 0 Å². The second kappa shape index (κ2) is 6.50. The second-order valence-electron chi connectivity index (χ2n) is 3.82. The second-order valence-corrected chi connectivity index (χ2v) is 6.02. The van der Waals surface area contributed by atoms with Crippen molar-refractivity contribution in [3.8, 4) is 0 Å². The van der Waals surface area contributed by atoms with E-state index in [1.165, 1.54) is 4.90 Å². The van der Waals surface area contributed by atoms with Crippen molar-refractivity contribution in [3.05, 3.63) is 57.5 Å². The van der Waals surface area contributed by atoms with Gasteiger partial charge in [-0.15, -0.1) is 11.8 Å². The minimum atomic E-state index is 0.719. The van der Waals surface area contributed by atoms with Crippen LogP contribution in [-0.2, 0) is 6.54 Å². The fraction of sp³-hybridized carbons (Fsp3) is 0.143. The number of rotatable bonds is 4. The Bertz CT molecular complexity index is 528. The smallest absolute Gasteiger partial charge is 0.0456 e. The molecule has 0 aliphatic heterocycles. The summed E-state index contributed by atoms with van der Waals surface area (Å²) in [5.41, 5.74) is 2.18. The van der Waals surface area contributed by atoms with Gasteiger partial charge in [0.25, 0.3) is 0 Å². The topological polar surface area (TPSA) is 12.0 Å². The first-order chi connectivity index (χ1) is 8.69. The molecule has 18 heavy (non-hydrogen) atoms. The molecule has 2 rings (SSSR count). The molecule has 1 N–H and O–H groups in total. The standard InChI is InChI=1S/C14H13BrClNS/c1-18-13-5-3-12(4-6-13)17-9-10-8-11(15)2-7-14(10)16/h2-8,17H,9H2,1H3. The van der Waals surface area contributed by atoms with Crippen LogP contribution in [0.4, 0.5) is 5.69 Å². The summed E-state index contributed by atoms with van der Waals surface area (Å²) in [7, 11) is 0. The molecule has 0 saturated carbocycles. The van der Waals surface area contributed by atoms with Gasteiger partial charge in [0.05, 0.1) is 0 Å². The van der Waals surface area contributed by atoms with Gasteiger partial charge in [-0.3, -0.25) is 0 Å². The normalized spacial score (nSPS) is 10.4. The predicted octanol–water partition coefficient (Wildman–Crippen LogP) is 5.44. The third-order valence-corrected chi connectivity index (χ3v) is 4.19. The number of hydrogen-bond acceptors (Lipinski definition) is 2. The zero-order chi connectivity index (χ0) is 13.0. The summed E-state index contributed by atoms with van der Waals surface area (Å²) < 4.78 is 1.04. The van der Waals surface area contributed by atoms with Gasteiger partial charge in [-0.25, -0.2) is 0 Å². The minimum Gasteiger partial charge on any atom is -0.381 e. The number of nitrogens with one attached hydrogen (secondary N) is 1. The lowest BCUT2D eigenvalue weighted by Crippen LogP contribution is -1.99. The van der Waals surface area contributed by atoms with E-state index in [4.69, 9.17) is 11.6 Å². The maximum absolute atomic E-state index is 6.15. The largest absolute Gasteiger partial charge is 0.381 e. The molecule has 0 aromatic heterocycles. The molecule has 0 radical (unpaired) electrons. The van der Waals surface area contributed by atoms with E-state index in [-0.39, 0.29) is 0 Å². The Balaban J connectivity index is 2.04. The van der Waals surface area contributed by atoms with Crippen molar-refractivity contribution in [1.29, 1.82) is 0 Å². The molecule has 1 nitrogen and oxygen atoms in total. The molecule has 0 amide bonds. The van der Waals surface area contributed by atoms with E-state index in [9.17, 15) is 0 Å². The van der Waals surface area contributed by atoms with E-state index in [1.807, 2.05) is 18.2 Å². The van der Waals surface area contributed by atoms with E-state index in [0.717, 1.165) is 27.3 Å². The van der Waals surface area contributed by atoms with Gasteiger partial charge in [0.1, 0.15) is 0 Å². The van der Waals surface area contributed by atoms with Crippen molar-refractivity contribution in [2.24, 2.45) is 0 Å². The summed E-state index contributed by atoms with van der Waals surface area (Å²) >= 11 is 11.3. The molecule has 0 bridgehead atoms. The van der Waals surface area contributed by atoms with Crippen LogP contribution in [0.5, 0.6) is 0 Å². The lowest BCUT2D eigenvalue weighted by molar-refractivity contribution is 1.14. The molecular weight excluding hydrogens is 330 g/mol. The van der Waals surface area contributed by atoms with Gasteiger partial charge in [0.2, 0.25) is 0 Å². The monoisotopic (exact) mass is 341 g/mol. The molecule has 2 aromatic carbocycles. The van der Waals surface area contributed by atoms with Crippen molar-refractivity contribution in [2.45, 2.75) is 11.4 Å². The first-order valence-electron chi connectivity index (χ1n) is 5.51. The molecule has 0 unspecified atom stereocenters. The van der Waals surface area contributed by atoms with E-state index in [2.05, 4.69) is 51.8 Å². The Labute approximate surface area is 125 Å². The van der Waals surface area contributed by atoms with Crippen molar-refractivity contribution in [2.75, 3.05) is 11.6 Å². The highest BCUT2D eigenvalue weighted by Gasteiger charge is 2.01. The Morgan fingerprint density at radius 3 is 2.56 bits per heavy atom. The van der Waals surface area contributed by atoms with Gasteiger partial charge in [-0.05, 0) is 54.3 Å². The summed E-state index contributed by atoms with van der Waals surface area (Å²) in [6, 6.07) is 14.3. The maximum Gasteiger partial charge on any atom is 0.0456 e. The maximum atomic E-state index is 6.15. The SMILES string of the molecule is CSc1ccc(NCc2cc(Br)ccc2Cl)cc1. The van der Waals surface area contributed by atoms with Crippen LogP contribution in [0.15, 0.2) is 51.8 Å². The number of anilines is 1. The number of halogens is 2. The van der Waals surface area contributed by atoms with Gasteiger partial charge in [0.15, 0.2) is 0 Å². The number of thioether (sulfide) groups is 1. The highest BCUT2D eigenvalue weighted by Crippen LogP contribution is 2.23. The van der Waals surface area contributed by atoms with Gasteiger partial charge in [-0.2, -0.15) is 0 Å². The van der Waals surface area contributed by atoms with E-state index in [1.54, 1.807) is 11.8 Å². The third kappa shape index (κ3) is 3.67. The Hall–Kier alpha value is -0.640. The van der Waals surface area contributed by atoms with Crippen molar-refractivity contribution in [1.82, 2.24) is 0 Å². The van der Waals surface area contributed by atoms with Crippen molar-refractivity contribution >= 4 is 45.0 Å². The Kier molecular flexibility index (Phi) is 4.98. The fourth-order valence-corrected chi connectivity index (χ4v) is 2.59. The molecule has 0 aliphatic rings. The molecule has 0 aliphatic carbocycles. The zero-order valence-electron chi connectivity index (χ0n) is 9.91. The first kappa shape index (κ1) is 13.8. The van der Waals surface area contributed by atoms with Crippen molar-refractivity contribution < 1.29 is 0 Å². The van der Waals surface area contributed by atoms with Crippen LogP contribution in [0, 0.1) is 0 Å². The van der Waals surface area contributed by atoms with Crippen LogP contribution >= 0.6 is 39.3 Å². The molecule has 2 aromatic rings. The van der Waals surface area contributed by atoms with E-state index >= 15 is 0 Å². The number of hydrogen-bond donors (Lipinski definition) is 1. The van der Waals surface area contributed by atoms with Crippen LogP contribution in [-0.4, -0.2) is 6.26 Å². The van der Waals surface area contributed by atoms with Crippen LogP contribution < -0.4 is 5.32 Å². The molecule has 0 spiro atoms. The van der Waals surface area contributed by atoms with Crippen molar-refractivity contribution in [3.63, 3.8) is 0 Å². The highest BCUT2D eigenvalue weighted by atomic mass is 79.9. The Morgan fingerprint density at radius 2 is 1.89 bits per heavy atom. The molecule has 94 valence electrons. The zero-order valence-corrected chi connectivity index (χ0v) is 13.1. The van der Waals surface area contributed by atoms with Gasteiger partial charge in [-0.1, -0.05) is 27.5 Å². The molecular formula is C14H13BrClNS. The summed E-state index contributed by atoms with van der Waals surface area (Å²) in [5, 5.41) is 4.15. The third-order valence-electron chi connectivity index (χ3n) is 2.58. The summed E-state index contributed by atoms with van der Waals surface area (Å²) in [6.45, 7) is 0.719. The lowest BCUT2D eigenvalue weighted by Gasteiger charge is -2.09. The first-order valence-corrected chi connectivity index (χ1v) is 7.90. The predicted molar refractivity (Wildman–Crippen MR) is 84.7 cm³/mol. The summed E-state index contributed by atoms with van der Waals surface area (Å²) in [6.07, 6.45) is 2.07. The minimum absolute atomic E-state index is 0.719. The van der Waals surface area contributed by atoms with Crippen LogP contribution in [0.2, 0.25) is 5.02 Å². The molecule has 0 heterocycles. The Morgan fingerprint density at radius 1 is 1.17 bits per heavy atom. The van der Waals surface area contributed by atoms with E-state index in [0.29, 0.717) is 0 Å². The lowest BCUT2D eigenvalue weighted by atomic mass is 10.2. The van der Waals surface area contributed by atoms with Gasteiger partial charge < -0.3 is 5.32 Å². The van der Waals surface area contributed by atoms with Crippen LogP contribution in [0.1, 0.15) is 5.56 Å². The van der Waals surface area contributed by atoms with Gasteiger partial charge in [0, 0.05) is 26.6 Å². The average molecular weight is 343 g/mol. The average Bonchev–Trinajstić information content (AvgIpc) is 2.40. The quantitative estimate of drug-likeness (QED) is 0.743. The molecule has 0 saturated heterocycles. The molecule has 4 heteroatoms. The van der Waals surface area contributed by atoms with Crippen LogP contribution in [0.25, 0.3) is 0 Å². The molecule has 0 atom stereocenters. The summed E-state index contributed by atoms with van der Waals surface area (Å²) in [5.74, 6) is 0. The number of benzene rings is 2. The summed E-state index contributed by atoms with van der Waals surface area (Å²) in [4.78, 5) is 1.26. The molecule has 0 fully saturated rings.